The summed E-state index contributed by atoms with van der Waals surface area (Å²) >= 11 is 0. The molecule has 0 aromatic rings. The topological polar surface area (TPSA) is 38.3 Å². The first-order valence-electron chi connectivity index (χ1n) is 6.68. The molecule has 0 radical (unpaired) electrons. The molecule has 0 unspecified atom stereocenters. The number of esters is 1. The van der Waals surface area contributed by atoms with E-state index in [1.807, 2.05) is 0 Å². The average Bonchev–Trinajstić information content (AvgIpc) is 2.37. The SMILES string of the molecule is C=CC(=O)OCCC(CC)(CC)NCCCC. The fourth-order valence-electron chi connectivity index (χ4n) is 1.88. The van der Waals surface area contributed by atoms with E-state index >= 15 is 0 Å². The number of rotatable bonds is 10. The molecule has 0 atom stereocenters. The number of ether oxygens (including phenoxy) is 1. The van der Waals surface area contributed by atoms with Crippen molar-refractivity contribution in [3.05, 3.63) is 12.7 Å². The Morgan fingerprint density at radius 2 is 2.00 bits per heavy atom. The van der Waals surface area contributed by atoms with Crippen LogP contribution in [0, 0.1) is 0 Å². The van der Waals surface area contributed by atoms with Crippen LogP contribution in [-0.4, -0.2) is 24.7 Å². The van der Waals surface area contributed by atoms with Gasteiger partial charge in [0.1, 0.15) is 0 Å². The predicted molar refractivity (Wildman–Crippen MR) is 72.0 cm³/mol. The summed E-state index contributed by atoms with van der Waals surface area (Å²) in [5.74, 6) is -0.334. The summed E-state index contributed by atoms with van der Waals surface area (Å²) in [6.07, 6.45) is 6.57. The van der Waals surface area contributed by atoms with Crippen molar-refractivity contribution in [3.63, 3.8) is 0 Å². The Morgan fingerprint density at radius 1 is 1.35 bits per heavy atom. The minimum atomic E-state index is -0.334. The Bertz CT molecular complexity index is 222. The highest BCUT2D eigenvalue weighted by Crippen LogP contribution is 2.20. The third kappa shape index (κ3) is 6.47. The van der Waals surface area contributed by atoms with Crippen molar-refractivity contribution in [3.8, 4) is 0 Å². The Morgan fingerprint density at radius 3 is 2.47 bits per heavy atom. The first-order chi connectivity index (χ1) is 8.14. The smallest absolute Gasteiger partial charge is 0.330 e. The van der Waals surface area contributed by atoms with Crippen molar-refractivity contribution >= 4 is 5.97 Å². The summed E-state index contributed by atoms with van der Waals surface area (Å²) in [5, 5.41) is 3.61. The third-order valence-electron chi connectivity index (χ3n) is 3.38. The first-order valence-corrected chi connectivity index (χ1v) is 6.68. The number of hydrogen-bond acceptors (Lipinski definition) is 3. The van der Waals surface area contributed by atoms with E-state index in [2.05, 4.69) is 32.7 Å². The predicted octanol–water partition coefficient (Wildman–Crippen LogP) is 3.05. The molecule has 17 heavy (non-hydrogen) atoms. The molecule has 0 amide bonds. The van der Waals surface area contributed by atoms with Gasteiger partial charge in [-0.2, -0.15) is 0 Å². The molecule has 0 fully saturated rings. The van der Waals surface area contributed by atoms with E-state index in [4.69, 9.17) is 4.74 Å². The monoisotopic (exact) mass is 241 g/mol. The highest BCUT2D eigenvalue weighted by atomic mass is 16.5. The van der Waals surface area contributed by atoms with Crippen LogP contribution in [0.25, 0.3) is 0 Å². The van der Waals surface area contributed by atoms with Gasteiger partial charge in [-0.05, 0) is 32.2 Å². The molecule has 0 bridgehead atoms. The van der Waals surface area contributed by atoms with Crippen LogP contribution in [0.15, 0.2) is 12.7 Å². The largest absolute Gasteiger partial charge is 0.462 e. The van der Waals surface area contributed by atoms with Crippen LogP contribution >= 0.6 is 0 Å². The highest BCUT2D eigenvalue weighted by Gasteiger charge is 2.24. The Labute approximate surface area is 106 Å². The molecule has 0 aliphatic rings. The van der Waals surface area contributed by atoms with Gasteiger partial charge in [-0.1, -0.05) is 33.8 Å². The lowest BCUT2D eigenvalue weighted by molar-refractivity contribution is -0.138. The fourth-order valence-corrected chi connectivity index (χ4v) is 1.88. The molecule has 3 nitrogen and oxygen atoms in total. The molecule has 0 rings (SSSR count). The molecule has 0 spiro atoms. The highest BCUT2D eigenvalue weighted by molar-refractivity contribution is 5.81. The summed E-state index contributed by atoms with van der Waals surface area (Å²) in [6.45, 7) is 11.4. The lowest BCUT2D eigenvalue weighted by Crippen LogP contribution is -2.45. The molecule has 0 aliphatic carbocycles. The van der Waals surface area contributed by atoms with Crippen LogP contribution in [0.3, 0.4) is 0 Å². The van der Waals surface area contributed by atoms with Gasteiger partial charge in [0.25, 0.3) is 0 Å². The number of carbonyl (C=O) groups excluding carboxylic acids is 1. The minimum Gasteiger partial charge on any atom is -0.462 e. The zero-order chi connectivity index (χ0) is 13.1. The van der Waals surface area contributed by atoms with Gasteiger partial charge in [-0.15, -0.1) is 0 Å². The van der Waals surface area contributed by atoms with E-state index in [0.717, 1.165) is 25.8 Å². The van der Waals surface area contributed by atoms with Crippen molar-refractivity contribution in [2.75, 3.05) is 13.2 Å². The van der Waals surface area contributed by atoms with Crippen molar-refractivity contribution < 1.29 is 9.53 Å². The van der Waals surface area contributed by atoms with Gasteiger partial charge in [-0.3, -0.25) is 0 Å². The molecule has 0 aromatic heterocycles. The third-order valence-corrected chi connectivity index (χ3v) is 3.38. The standard InChI is InChI=1S/C14H27NO2/c1-5-9-11-15-14(7-3,8-4)10-12-17-13(16)6-2/h6,15H,2,5,7-12H2,1,3-4H3. The Kier molecular flexibility index (Phi) is 8.78. The number of carbonyl (C=O) groups is 1. The maximum Gasteiger partial charge on any atom is 0.330 e. The van der Waals surface area contributed by atoms with Crippen molar-refractivity contribution in [2.24, 2.45) is 0 Å². The quantitative estimate of drug-likeness (QED) is 0.363. The molecule has 0 saturated carbocycles. The zero-order valence-corrected chi connectivity index (χ0v) is 11.6. The lowest BCUT2D eigenvalue weighted by Gasteiger charge is -2.33. The van der Waals surface area contributed by atoms with Gasteiger partial charge in [-0.25, -0.2) is 4.79 Å². The molecule has 0 aromatic carbocycles. The number of nitrogens with one attached hydrogen (secondary N) is 1. The van der Waals surface area contributed by atoms with Crippen LogP contribution in [0.2, 0.25) is 0 Å². The summed E-state index contributed by atoms with van der Waals surface area (Å²) < 4.78 is 5.06. The van der Waals surface area contributed by atoms with E-state index < -0.39 is 0 Å². The second kappa shape index (κ2) is 9.23. The van der Waals surface area contributed by atoms with Crippen LogP contribution < -0.4 is 5.32 Å². The molecule has 100 valence electrons. The van der Waals surface area contributed by atoms with Crippen LogP contribution in [0.5, 0.6) is 0 Å². The molecule has 0 heterocycles. The van der Waals surface area contributed by atoms with E-state index in [9.17, 15) is 4.79 Å². The van der Waals surface area contributed by atoms with E-state index in [-0.39, 0.29) is 11.5 Å². The molecule has 0 saturated heterocycles. The van der Waals surface area contributed by atoms with E-state index in [0.29, 0.717) is 6.61 Å². The summed E-state index contributed by atoms with van der Waals surface area (Å²) in [7, 11) is 0. The van der Waals surface area contributed by atoms with Gasteiger partial charge >= 0.3 is 5.97 Å². The summed E-state index contributed by atoms with van der Waals surface area (Å²) in [5.41, 5.74) is 0.108. The van der Waals surface area contributed by atoms with E-state index in [1.54, 1.807) is 0 Å². The van der Waals surface area contributed by atoms with Crippen LogP contribution in [-0.2, 0) is 9.53 Å². The second-order valence-electron chi connectivity index (χ2n) is 4.39. The molecular formula is C14H27NO2. The van der Waals surface area contributed by atoms with Crippen molar-refractivity contribution in [1.29, 1.82) is 0 Å². The maximum atomic E-state index is 11.0. The summed E-state index contributed by atoms with van der Waals surface area (Å²) in [4.78, 5) is 11.0. The fraction of sp³-hybridized carbons (Fsp3) is 0.786. The van der Waals surface area contributed by atoms with Crippen LogP contribution in [0.4, 0.5) is 0 Å². The minimum absolute atomic E-state index is 0.108. The second-order valence-corrected chi connectivity index (χ2v) is 4.39. The average molecular weight is 241 g/mol. The Hall–Kier alpha value is -0.830. The first kappa shape index (κ1) is 16.2. The van der Waals surface area contributed by atoms with E-state index in [1.165, 1.54) is 18.9 Å². The normalized spacial score (nSPS) is 11.2. The van der Waals surface area contributed by atoms with Gasteiger partial charge < -0.3 is 10.1 Å². The van der Waals surface area contributed by atoms with Crippen molar-refractivity contribution in [1.82, 2.24) is 5.32 Å². The van der Waals surface area contributed by atoms with Gasteiger partial charge in [0.2, 0.25) is 0 Å². The molecule has 3 heteroatoms. The van der Waals surface area contributed by atoms with Gasteiger partial charge in [0, 0.05) is 11.6 Å². The maximum absolute atomic E-state index is 11.0. The number of hydrogen-bond donors (Lipinski definition) is 1. The zero-order valence-electron chi connectivity index (χ0n) is 11.6. The number of unbranched alkanes of at least 4 members (excludes halogenated alkanes) is 1. The van der Waals surface area contributed by atoms with Crippen molar-refractivity contribution in [2.45, 2.75) is 58.4 Å². The Balaban J connectivity index is 4.10. The molecule has 0 aliphatic heterocycles. The van der Waals surface area contributed by atoms with Gasteiger partial charge in [0.15, 0.2) is 0 Å². The molecule has 1 N–H and O–H groups in total. The molecular weight excluding hydrogens is 214 g/mol. The van der Waals surface area contributed by atoms with Gasteiger partial charge in [0.05, 0.1) is 6.61 Å². The summed E-state index contributed by atoms with van der Waals surface area (Å²) in [6, 6.07) is 0. The van der Waals surface area contributed by atoms with Crippen LogP contribution in [0.1, 0.15) is 52.9 Å². The lowest BCUT2D eigenvalue weighted by atomic mass is 9.89.